The predicted octanol–water partition coefficient (Wildman–Crippen LogP) is 4.05. The molecule has 0 heterocycles. The molecule has 0 unspecified atom stereocenters. The van der Waals surface area contributed by atoms with E-state index in [9.17, 15) is 19.7 Å². The summed E-state index contributed by atoms with van der Waals surface area (Å²) in [6.45, 7) is 2.10. The Bertz CT molecular complexity index is 926. The van der Waals surface area contributed by atoms with Crippen LogP contribution in [0.1, 0.15) is 50.2 Å². The van der Waals surface area contributed by atoms with Gasteiger partial charge in [0.25, 0.3) is 5.69 Å². The average molecular weight is 438 g/mol. The molecule has 3 rings (SSSR count). The Hall–Kier alpha value is -3.22. The summed E-state index contributed by atoms with van der Waals surface area (Å²) in [7, 11) is 0. The fourth-order valence-electron chi connectivity index (χ4n) is 4.24. The van der Waals surface area contributed by atoms with Gasteiger partial charge in [-0.15, -0.1) is 0 Å². The third-order valence-corrected chi connectivity index (χ3v) is 6.13. The van der Waals surface area contributed by atoms with Gasteiger partial charge in [0.15, 0.2) is 0 Å². The minimum Gasteiger partial charge on any atom is -0.352 e. The Morgan fingerprint density at radius 2 is 1.72 bits per heavy atom. The van der Waals surface area contributed by atoms with Crippen LogP contribution < -0.4 is 5.32 Å². The van der Waals surface area contributed by atoms with Crippen LogP contribution in [-0.2, 0) is 22.4 Å². The van der Waals surface area contributed by atoms with Gasteiger partial charge in [0.1, 0.15) is 6.04 Å². The van der Waals surface area contributed by atoms with Gasteiger partial charge >= 0.3 is 0 Å². The van der Waals surface area contributed by atoms with Crippen LogP contribution in [0, 0.1) is 10.1 Å². The number of benzene rings is 2. The molecular weight excluding hydrogens is 406 g/mol. The lowest BCUT2D eigenvalue weighted by Gasteiger charge is -2.31. The quantitative estimate of drug-likeness (QED) is 0.473. The molecule has 170 valence electrons. The van der Waals surface area contributed by atoms with Crippen LogP contribution in [0.25, 0.3) is 0 Å². The van der Waals surface area contributed by atoms with Gasteiger partial charge in [-0.05, 0) is 31.7 Å². The molecule has 32 heavy (non-hydrogen) atoms. The monoisotopic (exact) mass is 437 g/mol. The maximum atomic E-state index is 13.3. The lowest BCUT2D eigenvalue weighted by atomic mass is 9.95. The van der Waals surface area contributed by atoms with Crippen LogP contribution in [-0.4, -0.2) is 40.3 Å². The molecule has 0 saturated heterocycles. The third kappa shape index (κ3) is 6.39. The van der Waals surface area contributed by atoms with Crippen LogP contribution >= 0.6 is 0 Å². The summed E-state index contributed by atoms with van der Waals surface area (Å²) in [5.41, 5.74) is 1.34. The maximum Gasteiger partial charge on any atom is 0.273 e. The van der Waals surface area contributed by atoms with Crippen molar-refractivity contribution in [3.63, 3.8) is 0 Å². The van der Waals surface area contributed by atoms with Crippen LogP contribution in [0.3, 0.4) is 0 Å². The SMILES string of the molecule is C[C@@H](C(=O)NC1CCCCC1)N(CCc1ccccc1)C(=O)Cc1ccccc1[N+](=O)[O-]. The second kappa shape index (κ2) is 11.4. The van der Waals surface area contributed by atoms with E-state index in [1.807, 2.05) is 30.3 Å². The number of hydrogen-bond donors (Lipinski definition) is 1. The Balaban J connectivity index is 1.75. The zero-order chi connectivity index (χ0) is 22.9. The molecule has 1 aliphatic rings. The van der Waals surface area contributed by atoms with Gasteiger partial charge in [0, 0.05) is 24.2 Å². The van der Waals surface area contributed by atoms with Crippen molar-refractivity contribution in [1.29, 1.82) is 0 Å². The molecule has 7 heteroatoms. The van der Waals surface area contributed by atoms with Crippen molar-refractivity contribution in [3.05, 3.63) is 75.8 Å². The average Bonchev–Trinajstić information content (AvgIpc) is 2.80. The number of amides is 2. The van der Waals surface area contributed by atoms with Crippen LogP contribution in [0.5, 0.6) is 0 Å². The van der Waals surface area contributed by atoms with E-state index in [1.165, 1.54) is 12.5 Å². The van der Waals surface area contributed by atoms with Gasteiger partial charge in [0.05, 0.1) is 11.3 Å². The molecule has 2 aromatic rings. The summed E-state index contributed by atoms with van der Waals surface area (Å²) in [5, 5.41) is 14.5. The molecular formula is C25H31N3O4. The van der Waals surface area contributed by atoms with E-state index >= 15 is 0 Å². The van der Waals surface area contributed by atoms with Gasteiger partial charge in [-0.25, -0.2) is 0 Å². The summed E-state index contributed by atoms with van der Waals surface area (Å²) in [6, 6.07) is 15.5. The number of nitrogens with one attached hydrogen (secondary N) is 1. The summed E-state index contributed by atoms with van der Waals surface area (Å²) in [5.74, 6) is -0.456. The van der Waals surface area contributed by atoms with Crippen molar-refractivity contribution in [1.82, 2.24) is 10.2 Å². The number of nitro groups is 1. The van der Waals surface area contributed by atoms with E-state index in [-0.39, 0.29) is 30.0 Å². The summed E-state index contributed by atoms with van der Waals surface area (Å²) < 4.78 is 0. The number of carbonyl (C=O) groups excluding carboxylic acids is 2. The third-order valence-electron chi connectivity index (χ3n) is 6.13. The second-order valence-electron chi connectivity index (χ2n) is 8.40. The molecule has 2 aromatic carbocycles. The Kier molecular flexibility index (Phi) is 8.36. The van der Waals surface area contributed by atoms with Gasteiger partial charge < -0.3 is 10.2 Å². The van der Waals surface area contributed by atoms with Crippen molar-refractivity contribution in [2.45, 2.75) is 64.0 Å². The van der Waals surface area contributed by atoms with E-state index in [2.05, 4.69) is 5.32 Å². The van der Waals surface area contributed by atoms with E-state index in [4.69, 9.17) is 0 Å². The molecule has 1 aliphatic carbocycles. The molecule has 1 N–H and O–H groups in total. The number of hydrogen-bond acceptors (Lipinski definition) is 4. The second-order valence-corrected chi connectivity index (χ2v) is 8.40. The summed E-state index contributed by atoms with van der Waals surface area (Å²) in [6.07, 6.45) is 5.82. The first-order chi connectivity index (χ1) is 15.5. The first-order valence-electron chi connectivity index (χ1n) is 11.3. The van der Waals surface area contributed by atoms with Crippen LogP contribution in [0.4, 0.5) is 5.69 Å². The van der Waals surface area contributed by atoms with Gasteiger partial charge in [0.2, 0.25) is 11.8 Å². The maximum absolute atomic E-state index is 13.3. The molecule has 0 aliphatic heterocycles. The molecule has 0 bridgehead atoms. The highest BCUT2D eigenvalue weighted by Crippen LogP contribution is 2.21. The number of para-hydroxylation sites is 1. The molecule has 0 spiro atoms. The summed E-state index contributed by atoms with van der Waals surface area (Å²) in [4.78, 5) is 38.7. The van der Waals surface area contributed by atoms with Crippen molar-refractivity contribution in [3.8, 4) is 0 Å². The van der Waals surface area contributed by atoms with E-state index in [1.54, 1.807) is 30.0 Å². The van der Waals surface area contributed by atoms with Gasteiger partial charge in [-0.2, -0.15) is 0 Å². The number of carbonyl (C=O) groups is 2. The first-order valence-corrected chi connectivity index (χ1v) is 11.3. The molecule has 1 fully saturated rings. The van der Waals surface area contributed by atoms with Crippen LogP contribution in [0.2, 0.25) is 0 Å². The molecule has 7 nitrogen and oxygen atoms in total. The molecule has 0 radical (unpaired) electrons. The lowest BCUT2D eigenvalue weighted by Crippen LogP contribution is -2.51. The van der Waals surface area contributed by atoms with E-state index in [0.717, 1.165) is 31.2 Å². The molecule has 2 amide bonds. The minimum atomic E-state index is -0.657. The molecule has 0 aromatic heterocycles. The minimum absolute atomic E-state index is 0.0804. The normalized spacial score (nSPS) is 15.0. The highest BCUT2D eigenvalue weighted by Gasteiger charge is 2.29. The Morgan fingerprint density at radius 1 is 1.06 bits per heavy atom. The van der Waals surface area contributed by atoms with E-state index in [0.29, 0.717) is 18.5 Å². The van der Waals surface area contributed by atoms with Crippen molar-refractivity contribution >= 4 is 17.5 Å². The first kappa shape index (κ1) is 23.4. The number of nitrogens with zero attached hydrogens (tertiary/aromatic N) is 2. The highest BCUT2D eigenvalue weighted by molar-refractivity contribution is 5.88. The summed E-state index contributed by atoms with van der Waals surface area (Å²) >= 11 is 0. The van der Waals surface area contributed by atoms with Crippen LogP contribution in [0.15, 0.2) is 54.6 Å². The molecule has 1 saturated carbocycles. The smallest absolute Gasteiger partial charge is 0.273 e. The van der Waals surface area contributed by atoms with Crippen molar-refractivity contribution in [2.75, 3.05) is 6.54 Å². The van der Waals surface area contributed by atoms with Gasteiger partial charge in [-0.3, -0.25) is 19.7 Å². The van der Waals surface area contributed by atoms with Gasteiger partial charge in [-0.1, -0.05) is 67.8 Å². The van der Waals surface area contributed by atoms with E-state index < -0.39 is 11.0 Å². The van der Waals surface area contributed by atoms with Crippen molar-refractivity contribution in [2.24, 2.45) is 0 Å². The highest BCUT2D eigenvalue weighted by atomic mass is 16.6. The number of rotatable bonds is 9. The Morgan fingerprint density at radius 3 is 2.41 bits per heavy atom. The standard InChI is InChI=1S/C25H31N3O4/c1-19(25(30)26-22-13-6-3-7-14-22)27(17-16-20-10-4-2-5-11-20)24(29)18-21-12-8-9-15-23(21)28(31)32/h2,4-5,8-12,15,19,22H,3,6-7,13-14,16-18H2,1H3,(H,26,30)/t19-/m0/s1. The molecule has 1 atom stereocenters. The largest absolute Gasteiger partial charge is 0.352 e. The van der Waals surface area contributed by atoms with Crippen molar-refractivity contribution < 1.29 is 14.5 Å². The fourth-order valence-corrected chi connectivity index (χ4v) is 4.24. The zero-order valence-corrected chi connectivity index (χ0v) is 18.5. The number of nitro benzene ring substituents is 1. The Labute approximate surface area is 189 Å². The lowest BCUT2D eigenvalue weighted by molar-refractivity contribution is -0.385. The topological polar surface area (TPSA) is 92.6 Å². The predicted molar refractivity (Wildman–Crippen MR) is 123 cm³/mol. The zero-order valence-electron chi connectivity index (χ0n) is 18.5. The fraction of sp³-hybridized carbons (Fsp3) is 0.440.